The van der Waals surface area contributed by atoms with Crippen molar-refractivity contribution in [3.8, 4) is 0 Å². The molecule has 2 rings (SSSR count). The first-order valence-corrected chi connectivity index (χ1v) is 7.98. The molecule has 0 saturated heterocycles. The average molecular weight is 290 g/mol. The summed E-state index contributed by atoms with van der Waals surface area (Å²) in [7, 11) is 2.15. The second-order valence-corrected chi connectivity index (χ2v) is 7.59. The Morgan fingerprint density at radius 1 is 1.29 bits per heavy atom. The van der Waals surface area contributed by atoms with E-state index in [-0.39, 0.29) is 11.6 Å². The Kier molecular flexibility index (Phi) is 4.95. The van der Waals surface area contributed by atoms with Crippen molar-refractivity contribution in [2.75, 3.05) is 18.5 Å². The number of aliphatic hydroxyl groups excluding tert-OH is 1. The van der Waals surface area contributed by atoms with Crippen LogP contribution in [0.3, 0.4) is 0 Å². The van der Waals surface area contributed by atoms with Gasteiger partial charge in [-0.25, -0.2) is 0 Å². The zero-order chi connectivity index (χ0) is 15.6. The smallest absolute Gasteiger partial charge is 0.0546 e. The molecule has 1 aliphatic carbocycles. The van der Waals surface area contributed by atoms with Gasteiger partial charge in [0.25, 0.3) is 0 Å². The summed E-state index contributed by atoms with van der Waals surface area (Å²) in [6, 6.07) is 6.71. The van der Waals surface area contributed by atoms with E-state index in [2.05, 4.69) is 63.2 Å². The zero-order valence-electron chi connectivity index (χ0n) is 14.1. The van der Waals surface area contributed by atoms with Gasteiger partial charge in [0.15, 0.2) is 0 Å². The largest absolute Gasteiger partial charge is 0.393 e. The molecule has 1 aliphatic rings. The minimum atomic E-state index is -0.0593. The monoisotopic (exact) mass is 290 g/mol. The molecular formula is C18H30N2O. The highest BCUT2D eigenvalue weighted by molar-refractivity contribution is 5.50. The Labute approximate surface area is 129 Å². The van der Waals surface area contributed by atoms with E-state index in [9.17, 15) is 5.11 Å². The molecule has 0 atom stereocenters. The summed E-state index contributed by atoms with van der Waals surface area (Å²) < 4.78 is 0. The van der Waals surface area contributed by atoms with Gasteiger partial charge < -0.3 is 15.3 Å². The first-order chi connectivity index (χ1) is 9.74. The van der Waals surface area contributed by atoms with Crippen LogP contribution in [0.4, 0.5) is 5.69 Å². The van der Waals surface area contributed by atoms with Crippen LogP contribution in [0, 0.1) is 12.8 Å². The number of nitrogens with one attached hydrogen (secondary N) is 1. The minimum Gasteiger partial charge on any atom is -0.393 e. The van der Waals surface area contributed by atoms with Crippen molar-refractivity contribution in [3.63, 3.8) is 0 Å². The molecule has 21 heavy (non-hydrogen) atoms. The highest BCUT2D eigenvalue weighted by Gasteiger charge is 2.28. The summed E-state index contributed by atoms with van der Waals surface area (Å²) in [4.78, 5) is 2.31. The predicted octanol–water partition coefficient (Wildman–Crippen LogP) is 3.09. The van der Waals surface area contributed by atoms with Crippen molar-refractivity contribution in [3.05, 3.63) is 29.3 Å². The molecule has 0 aliphatic heterocycles. The summed E-state index contributed by atoms with van der Waals surface area (Å²) >= 11 is 0. The summed E-state index contributed by atoms with van der Waals surface area (Å²) in [6.45, 7) is 10.7. The van der Waals surface area contributed by atoms with Crippen molar-refractivity contribution in [1.29, 1.82) is 0 Å². The van der Waals surface area contributed by atoms with E-state index >= 15 is 0 Å². The van der Waals surface area contributed by atoms with Gasteiger partial charge in [0, 0.05) is 31.4 Å². The van der Waals surface area contributed by atoms with E-state index in [0.29, 0.717) is 5.92 Å². The van der Waals surface area contributed by atoms with Gasteiger partial charge in [-0.1, -0.05) is 6.07 Å². The van der Waals surface area contributed by atoms with Crippen LogP contribution < -0.4 is 10.2 Å². The third-order valence-corrected chi connectivity index (χ3v) is 4.32. The molecule has 1 aromatic rings. The molecule has 0 spiro atoms. The molecule has 1 fully saturated rings. The topological polar surface area (TPSA) is 35.5 Å². The Morgan fingerprint density at radius 2 is 1.95 bits per heavy atom. The lowest BCUT2D eigenvalue weighted by Crippen LogP contribution is -2.37. The molecule has 0 bridgehead atoms. The highest BCUT2D eigenvalue weighted by Crippen LogP contribution is 2.29. The van der Waals surface area contributed by atoms with E-state index < -0.39 is 0 Å². The normalized spacial score (nSPS) is 22.0. The molecule has 118 valence electrons. The lowest BCUT2D eigenvalue weighted by Gasteiger charge is -2.35. The molecule has 3 nitrogen and oxygen atoms in total. The first-order valence-electron chi connectivity index (χ1n) is 7.98. The molecular weight excluding hydrogens is 260 g/mol. The molecule has 0 aromatic heterocycles. The van der Waals surface area contributed by atoms with Crippen LogP contribution in [-0.4, -0.2) is 30.3 Å². The van der Waals surface area contributed by atoms with Gasteiger partial charge in [-0.05, 0) is 69.7 Å². The molecule has 0 unspecified atom stereocenters. The van der Waals surface area contributed by atoms with Crippen LogP contribution in [0.25, 0.3) is 0 Å². The maximum Gasteiger partial charge on any atom is 0.0546 e. The molecule has 0 amide bonds. The van der Waals surface area contributed by atoms with E-state index in [4.69, 9.17) is 0 Å². The number of aliphatic hydroxyl groups is 1. The number of anilines is 1. The summed E-state index contributed by atoms with van der Waals surface area (Å²) in [5.74, 6) is 0.646. The average Bonchev–Trinajstić information content (AvgIpc) is 2.34. The Hall–Kier alpha value is -1.06. The minimum absolute atomic E-state index is 0.0593. The van der Waals surface area contributed by atoms with Crippen LogP contribution in [0.1, 0.15) is 44.7 Å². The highest BCUT2D eigenvalue weighted by atomic mass is 16.3. The molecule has 1 saturated carbocycles. The Balaban J connectivity index is 1.94. The predicted molar refractivity (Wildman–Crippen MR) is 89.8 cm³/mol. The number of benzene rings is 1. The van der Waals surface area contributed by atoms with Crippen LogP contribution >= 0.6 is 0 Å². The lowest BCUT2D eigenvalue weighted by atomic mass is 9.82. The van der Waals surface area contributed by atoms with Gasteiger partial charge in [-0.15, -0.1) is 0 Å². The number of aryl methyl sites for hydroxylation is 1. The molecule has 2 N–H and O–H groups in total. The van der Waals surface area contributed by atoms with Crippen molar-refractivity contribution < 1.29 is 5.11 Å². The number of rotatable bonds is 5. The number of nitrogens with zero attached hydrogens (tertiary/aromatic N) is 1. The lowest BCUT2D eigenvalue weighted by molar-refractivity contribution is 0.0465. The van der Waals surface area contributed by atoms with Crippen molar-refractivity contribution in [1.82, 2.24) is 5.32 Å². The van der Waals surface area contributed by atoms with Gasteiger partial charge in [0.2, 0.25) is 0 Å². The number of hydrogen-bond acceptors (Lipinski definition) is 3. The van der Waals surface area contributed by atoms with E-state index in [0.717, 1.165) is 25.9 Å². The summed E-state index contributed by atoms with van der Waals surface area (Å²) in [5, 5.41) is 12.9. The third kappa shape index (κ3) is 4.72. The zero-order valence-corrected chi connectivity index (χ0v) is 14.1. The van der Waals surface area contributed by atoms with Crippen molar-refractivity contribution in [2.45, 2.75) is 58.7 Å². The first kappa shape index (κ1) is 16.3. The summed E-state index contributed by atoms with van der Waals surface area (Å²) in [5.41, 5.74) is 4.12. The van der Waals surface area contributed by atoms with Gasteiger partial charge >= 0.3 is 0 Å². The molecule has 3 heteroatoms. The second-order valence-electron chi connectivity index (χ2n) is 7.59. The quantitative estimate of drug-likeness (QED) is 0.875. The maximum absolute atomic E-state index is 9.38. The van der Waals surface area contributed by atoms with Crippen LogP contribution in [-0.2, 0) is 6.54 Å². The van der Waals surface area contributed by atoms with E-state index in [1.54, 1.807) is 0 Å². The van der Waals surface area contributed by atoms with Crippen molar-refractivity contribution >= 4 is 5.69 Å². The SMILES string of the molecule is Cc1cc(N(C)CC2CC(O)C2)ccc1CNC(C)(C)C. The van der Waals surface area contributed by atoms with E-state index in [1.165, 1.54) is 16.8 Å². The van der Waals surface area contributed by atoms with Crippen molar-refractivity contribution in [2.24, 2.45) is 5.92 Å². The third-order valence-electron chi connectivity index (χ3n) is 4.32. The fourth-order valence-electron chi connectivity index (χ4n) is 2.82. The molecule has 0 heterocycles. The second kappa shape index (κ2) is 6.37. The van der Waals surface area contributed by atoms with Crippen LogP contribution in [0.5, 0.6) is 0 Å². The number of hydrogen-bond donors (Lipinski definition) is 2. The van der Waals surface area contributed by atoms with Crippen LogP contribution in [0.15, 0.2) is 18.2 Å². The summed E-state index contributed by atoms with van der Waals surface area (Å²) in [6.07, 6.45) is 1.85. The van der Waals surface area contributed by atoms with Gasteiger partial charge in [0.05, 0.1) is 6.10 Å². The fourth-order valence-corrected chi connectivity index (χ4v) is 2.82. The van der Waals surface area contributed by atoms with Crippen LogP contribution in [0.2, 0.25) is 0 Å². The Bertz CT molecular complexity index is 473. The van der Waals surface area contributed by atoms with E-state index in [1.807, 2.05) is 0 Å². The molecule has 0 radical (unpaired) electrons. The molecule has 1 aromatic carbocycles. The standard InChI is InChI=1S/C18H30N2O/c1-13-8-16(20(5)12-14-9-17(21)10-14)7-6-15(13)11-19-18(2,3)4/h6-8,14,17,19,21H,9-12H2,1-5H3. The maximum atomic E-state index is 9.38. The van der Waals surface area contributed by atoms with Gasteiger partial charge in [0.1, 0.15) is 0 Å². The van der Waals surface area contributed by atoms with Gasteiger partial charge in [-0.2, -0.15) is 0 Å². The van der Waals surface area contributed by atoms with Gasteiger partial charge in [-0.3, -0.25) is 0 Å². The fraction of sp³-hybridized carbons (Fsp3) is 0.667. The Morgan fingerprint density at radius 3 is 2.48 bits per heavy atom.